The summed E-state index contributed by atoms with van der Waals surface area (Å²) in [4.78, 5) is 32.1. The third-order valence-electron chi connectivity index (χ3n) is 6.94. The van der Waals surface area contributed by atoms with Crippen molar-refractivity contribution >= 4 is 38.7 Å². The van der Waals surface area contributed by atoms with Gasteiger partial charge in [-0.15, -0.1) is 11.3 Å². The van der Waals surface area contributed by atoms with Gasteiger partial charge in [0.05, 0.1) is 17.4 Å². The number of sulfonamides is 1. The summed E-state index contributed by atoms with van der Waals surface area (Å²) in [6.07, 6.45) is 6.69. The molecule has 2 amide bonds. The van der Waals surface area contributed by atoms with Gasteiger partial charge in [-0.1, -0.05) is 19.4 Å². The van der Waals surface area contributed by atoms with Crippen molar-refractivity contribution in [3.63, 3.8) is 0 Å². The Morgan fingerprint density at radius 1 is 1.30 bits per heavy atom. The Hall–Kier alpha value is -2.79. The van der Waals surface area contributed by atoms with Gasteiger partial charge in [0.15, 0.2) is 0 Å². The van der Waals surface area contributed by atoms with Crippen molar-refractivity contribution in [2.75, 3.05) is 6.61 Å². The van der Waals surface area contributed by atoms with Crippen LogP contribution in [0.2, 0.25) is 0 Å². The second kappa shape index (κ2) is 9.83. The molecule has 0 radical (unpaired) electrons. The molecule has 2 aliphatic carbocycles. The van der Waals surface area contributed by atoms with Crippen LogP contribution in [0, 0.1) is 5.82 Å². The first kappa shape index (κ1) is 25.8. The maximum absolute atomic E-state index is 15.3. The van der Waals surface area contributed by atoms with E-state index in [1.54, 1.807) is 25.3 Å². The lowest BCUT2D eigenvalue weighted by Gasteiger charge is -2.37. The first-order valence-electron chi connectivity index (χ1n) is 12.6. The number of carbonyl (C=O) groups is 2. The molecule has 198 valence electrons. The van der Waals surface area contributed by atoms with Crippen LogP contribution < -0.4 is 14.8 Å². The third-order valence-corrected chi connectivity index (χ3v) is 9.98. The minimum absolute atomic E-state index is 0.0650. The number of unbranched alkanes of at least 4 members (excludes halogenated alkanes) is 1. The maximum atomic E-state index is 15.3. The van der Waals surface area contributed by atoms with E-state index in [0.717, 1.165) is 30.6 Å². The van der Waals surface area contributed by atoms with Crippen molar-refractivity contribution in [3.05, 3.63) is 51.2 Å². The largest absolute Gasteiger partial charge is 0.493 e. The second-order valence-electron chi connectivity index (χ2n) is 10.2. The molecule has 3 aliphatic rings. The molecule has 0 unspecified atom stereocenters. The first-order valence-corrected chi connectivity index (χ1v) is 15.0. The summed E-state index contributed by atoms with van der Waals surface area (Å²) in [5, 5.41) is 2.62. The number of amides is 2. The monoisotopic (exact) mass is 547 g/mol. The Labute approximate surface area is 219 Å². The number of thiazole rings is 1. The molecular formula is C26H30FN3O5S2. The molecule has 11 heteroatoms. The van der Waals surface area contributed by atoms with E-state index in [2.05, 4.69) is 15.0 Å². The van der Waals surface area contributed by atoms with Gasteiger partial charge in [-0.25, -0.2) is 22.5 Å². The normalized spacial score (nSPS) is 22.1. The van der Waals surface area contributed by atoms with Gasteiger partial charge in [-0.05, 0) is 51.0 Å². The number of rotatable bonds is 10. The zero-order valence-electron chi connectivity index (χ0n) is 20.8. The van der Waals surface area contributed by atoms with Crippen molar-refractivity contribution in [3.8, 4) is 5.75 Å². The van der Waals surface area contributed by atoms with Crippen LogP contribution in [0.1, 0.15) is 80.2 Å². The number of benzene rings is 1. The highest BCUT2D eigenvalue weighted by molar-refractivity contribution is 7.91. The predicted octanol–water partition coefficient (Wildman–Crippen LogP) is 4.14. The molecule has 1 aromatic carbocycles. The Kier molecular flexibility index (Phi) is 6.86. The lowest BCUT2D eigenvalue weighted by atomic mass is 9.80. The molecule has 2 aromatic rings. The van der Waals surface area contributed by atoms with Crippen LogP contribution in [0.15, 0.2) is 30.0 Å². The van der Waals surface area contributed by atoms with Gasteiger partial charge in [-0.2, -0.15) is 0 Å². The van der Waals surface area contributed by atoms with Gasteiger partial charge in [0.25, 0.3) is 11.8 Å². The van der Waals surface area contributed by atoms with E-state index in [4.69, 9.17) is 4.74 Å². The van der Waals surface area contributed by atoms with Gasteiger partial charge in [0, 0.05) is 34.7 Å². The number of halogens is 1. The molecule has 8 nitrogen and oxygen atoms in total. The van der Waals surface area contributed by atoms with E-state index >= 15 is 4.39 Å². The summed E-state index contributed by atoms with van der Waals surface area (Å²) in [5.74, 6) is -1.47. The molecule has 1 atom stereocenters. The molecule has 1 aliphatic heterocycles. The summed E-state index contributed by atoms with van der Waals surface area (Å²) >= 11 is 1.39. The van der Waals surface area contributed by atoms with E-state index < -0.39 is 38.4 Å². The molecule has 2 heterocycles. The lowest BCUT2D eigenvalue weighted by molar-refractivity contribution is -0.124. The van der Waals surface area contributed by atoms with Crippen LogP contribution in [-0.4, -0.2) is 37.1 Å². The summed E-state index contributed by atoms with van der Waals surface area (Å²) in [6, 6.07) is 4.54. The number of carbonyl (C=O) groups excluding carboxylic acids is 2. The van der Waals surface area contributed by atoms with Crippen molar-refractivity contribution < 1.29 is 27.1 Å². The zero-order valence-corrected chi connectivity index (χ0v) is 22.4. The molecule has 2 N–H and O–H groups in total. The highest BCUT2D eigenvalue weighted by Crippen LogP contribution is 2.46. The number of hydrogen-bond acceptors (Lipinski definition) is 7. The topological polar surface area (TPSA) is 114 Å². The van der Waals surface area contributed by atoms with E-state index in [1.165, 1.54) is 17.4 Å². The summed E-state index contributed by atoms with van der Waals surface area (Å²) < 4.78 is 47.9. The Balaban J connectivity index is 1.50. The maximum Gasteiger partial charge on any atom is 0.270 e. The Bertz CT molecular complexity index is 1380. The van der Waals surface area contributed by atoms with Gasteiger partial charge in [0.2, 0.25) is 10.0 Å². The number of nitrogens with one attached hydrogen (secondary N) is 2. The van der Waals surface area contributed by atoms with Crippen LogP contribution >= 0.6 is 11.3 Å². The summed E-state index contributed by atoms with van der Waals surface area (Å²) in [7, 11) is -3.87. The van der Waals surface area contributed by atoms with E-state index in [1.807, 2.05) is 6.92 Å². The molecule has 2 fully saturated rings. The average molecular weight is 548 g/mol. The highest BCUT2D eigenvalue weighted by atomic mass is 32.2. The van der Waals surface area contributed by atoms with Crippen LogP contribution in [0.3, 0.4) is 0 Å². The van der Waals surface area contributed by atoms with Gasteiger partial charge in [-0.3, -0.25) is 9.59 Å². The SMILES string of the molecule is CCCCOc1ccc([C@]2(C)CC(c3ncc(C4CC4)s3)=C(C(=O)NS(=O)(=O)C3CC3)C(=O)N2)c(F)c1. The van der Waals surface area contributed by atoms with Crippen LogP contribution in [-0.2, 0) is 25.2 Å². The number of aromatic nitrogens is 1. The van der Waals surface area contributed by atoms with E-state index in [0.29, 0.717) is 41.7 Å². The fourth-order valence-electron chi connectivity index (χ4n) is 4.51. The summed E-state index contributed by atoms with van der Waals surface area (Å²) in [5.41, 5.74) is -0.930. The van der Waals surface area contributed by atoms with Crippen molar-refractivity contribution in [2.24, 2.45) is 0 Å². The van der Waals surface area contributed by atoms with E-state index in [9.17, 15) is 18.0 Å². The molecular weight excluding hydrogens is 517 g/mol. The smallest absolute Gasteiger partial charge is 0.270 e. The number of hydrogen-bond donors (Lipinski definition) is 2. The lowest BCUT2D eigenvalue weighted by Crippen LogP contribution is -2.51. The molecule has 0 bridgehead atoms. The van der Waals surface area contributed by atoms with Crippen molar-refractivity contribution in [2.45, 2.75) is 75.5 Å². The quantitative estimate of drug-likeness (QED) is 0.341. The van der Waals surface area contributed by atoms with Crippen LogP contribution in [0.5, 0.6) is 5.75 Å². The van der Waals surface area contributed by atoms with Gasteiger partial charge < -0.3 is 10.1 Å². The first-order chi connectivity index (χ1) is 17.6. The molecule has 5 rings (SSSR count). The number of ether oxygens (including phenoxy) is 1. The highest BCUT2D eigenvalue weighted by Gasteiger charge is 2.44. The molecule has 2 saturated carbocycles. The molecule has 0 saturated heterocycles. The van der Waals surface area contributed by atoms with Crippen LogP contribution in [0.25, 0.3) is 5.57 Å². The average Bonchev–Trinajstić information content (AvgIpc) is 3.76. The van der Waals surface area contributed by atoms with Crippen molar-refractivity contribution in [1.29, 1.82) is 0 Å². The van der Waals surface area contributed by atoms with Crippen LogP contribution in [0.4, 0.5) is 4.39 Å². The molecule has 37 heavy (non-hydrogen) atoms. The second-order valence-corrected chi connectivity index (χ2v) is 13.2. The minimum atomic E-state index is -3.87. The minimum Gasteiger partial charge on any atom is -0.493 e. The van der Waals surface area contributed by atoms with Crippen molar-refractivity contribution in [1.82, 2.24) is 15.0 Å². The van der Waals surface area contributed by atoms with Gasteiger partial charge in [0.1, 0.15) is 22.1 Å². The Morgan fingerprint density at radius 2 is 2.05 bits per heavy atom. The fraction of sp³-hybridized carbons (Fsp3) is 0.500. The molecule has 1 aromatic heterocycles. The van der Waals surface area contributed by atoms with E-state index in [-0.39, 0.29) is 17.6 Å². The standard InChI is InChI=1S/C26H30FN3O5S2/c1-3-4-11-35-16-7-10-19(20(27)12-16)26(2)13-18(25-28-14-21(36-25)15-5-6-15)22(23(31)29-26)24(32)30-37(33,34)17-8-9-17/h7,10,12,14-15,17H,3-6,8-9,11,13H2,1-2H3,(H,29,31)(H,30,32)/t26-/m0/s1. The predicted molar refractivity (Wildman–Crippen MR) is 138 cm³/mol. The fourth-order valence-corrected chi connectivity index (χ4v) is 6.93. The summed E-state index contributed by atoms with van der Waals surface area (Å²) in [6.45, 7) is 4.20. The zero-order chi connectivity index (χ0) is 26.4. The Morgan fingerprint density at radius 3 is 2.70 bits per heavy atom. The van der Waals surface area contributed by atoms with Gasteiger partial charge >= 0.3 is 0 Å². The number of nitrogens with zero attached hydrogens (tertiary/aromatic N) is 1. The molecule has 0 spiro atoms. The third kappa shape index (κ3) is 5.43.